The summed E-state index contributed by atoms with van der Waals surface area (Å²) in [6.07, 6.45) is 13.0. The third-order valence-corrected chi connectivity index (χ3v) is 4.43. The monoisotopic (exact) mass is 225 g/mol. The zero-order chi connectivity index (χ0) is 11.2. The van der Waals surface area contributed by atoms with Crippen molar-refractivity contribution in [1.29, 1.82) is 0 Å². The molecule has 0 radical (unpaired) electrons. The fourth-order valence-electron chi connectivity index (χ4n) is 3.21. The predicted octanol–water partition coefficient (Wildman–Crippen LogP) is 3.11. The summed E-state index contributed by atoms with van der Waals surface area (Å²) >= 11 is 0. The van der Waals surface area contributed by atoms with Gasteiger partial charge >= 0.3 is 0 Å². The molecule has 2 rings (SSSR count). The molecule has 0 aromatic carbocycles. The number of hydrogen-bond donors (Lipinski definition) is 1. The maximum Gasteiger partial charge on any atom is 0.0571 e. The lowest BCUT2D eigenvalue weighted by Crippen LogP contribution is -2.36. The van der Waals surface area contributed by atoms with Gasteiger partial charge < -0.3 is 10.1 Å². The van der Waals surface area contributed by atoms with Crippen LogP contribution in [0, 0.1) is 5.92 Å². The number of ether oxygens (including phenoxy) is 1. The van der Waals surface area contributed by atoms with Gasteiger partial charge in [0, 0.05) is 13.2 Å². The SMILES string of the molecule is CO[C@H]1CC[C@@H](CNC2CCCCC2)CC1. The third kappa shape index (κ3) is 3.74. The van der Waals surface area contributed by atoms with Crippen molar-refractivity contribution in [3.63, 3.8) is 0 Å². The molecule has 0 bridgehead atoms. The van der Waals surface area contributed by atoms with E-state index >= 15 is 0 Å². The first-order valence-electron chi connectivity index (χ1n) is 7.14. The van der Waals surface area contributed by atoms with E-state index in [9.17, 15) is 0 Å². The first-order valence-corrected chi connectivity index (χ1v) is 7.14. The van der Waals surface area contributed by atoms with Crippen molar-refractivity contribution in [2.45, 2.75) is 69.9 Å². The second-order valence-electron chi connectivity index (χ2n) is 5.62. The van der Waals surface area contributed by atoms with Gasteiger partial charge in [0.05, 0.1) is 6.10 Å². The van der Waals surface area contributed by atoms with Crippen molar-refractivity contribution >= 4 is 0 Å². The van der Waals surface area contributed by atoms with Gasteiger partial charge in [-0.25, -0.2) is 0 Å². The first kappa shape index (κ1) is 12.4. The Kier molecular flexibility index (Phi) is 5.11. The Morgan fingerprint density at radius 3 is 2.25 bits per heavy atom. The molecule has 1 N–H and O–H groups in total. The summed E-state index contributed by atoms with van der Waals surface area (Å²) in [6, 6.07) is 0.828. The Morgan fingerprint density at radius 1 is 0.938 bits per heavy atom. The molecule has 2 nitrogen and oxygen atoms in total. The summed E-state index contributed by atoms with van der Waals surface area (Å²) in [7, 11) is 1.85. The lowest BCUT2D eigenvalue weighted by molar-refractivity contribution is 0.0562. The molecule has 0 amide bonds. The molecule has 0 saturated heterocycles. The second kappa shape index (κ2) is 6.61. The zero-order valence-electron chi connectivity index (χ0n) is 10.7. The van der Waals surface area contributed by atoms with E-state index in [2.05, 4.69) is 5.32 Å². The Morgan fingerprint density at radius 2 is 1.62 bits per heavy atom. The van der Waals surface area contributed by atoms with Gasteiger partial charge in [-0.2, -0.15) is 0 Å². The Hall–Kier alpha value is -0.0800. The van der Waals surface area contributed by atoms with Gasteiger partial charge in [-0.15, -0.1) is 0 Å². The van der Waals surface area contributed by atoms with E-state index < -0.39 is 0 Å². The normalized spacial score (nSPS) is 32.8. The van der Waals surface area contributed by atoms with Crippen LogP contribution in [0.4, 0.5) is 0 Å². The van der Waals surface area contributed by atoms with Crippen LogP contribution in [0.1, 0.15) is 57.8 Å². The number of methoxy groups -OCH3 is 1. The highest BCUT2D eigenvalue weighted by Crippen LogP contribution is 2.26. The smallest absolute Gasteiger partial charge is 0.0571 e. The van der Waals surface area contributed by atoms with Crippen molar-refractivity contribution in [3.05, 3.63) is 0 Å². The fourth-order valence-corrected chi connectivity index (χ4v) is 3.21. The lowest BCUT2D eigenvalue weighted by Gasteiger charge is -2.30. The lowest BCUT2D eigenvalue weighted by atomic mass is 9.86. The zero-order valence-corrected chi connectivity index (χ0v) is 10.7. The van der Waals surface area contributed by atoms with Crippen LogP contribution in [0.2, 0.25) is 0 Å². The molecular weight excluding hydrogens is 198 g/mol. The van der Waals surface area contributed by atoms with Gasteiger partial charge in [0.15, 0.2) is 0 Å². The quantitative estimate of drug-likeness (QED) is 0.794. The molecule has 2 heteroatoms. The molecule has 2 aliphatic carbocycles. The van der Waals surface area contributed by atoms with Gasteiger partial charge in [0.25, 0.3) is 0 Å². The molecule has 0 aromatic rings. The molecule has 2 fully saturated rings. The van der Waals surface area contributed by atoms with Crippen molar-refractivity contribution in [2.75, 3.05) is 13.7 Å². The minimum absolute atomic E-state index is 0.547. The Labute approximate surface area is 100 Å². The highest BCUT2D eigenvalue weighted by atomic mass is 16.5. The average molecular weight is 225 g/mol. The van der Waals surface area contributed by atoms with Gasteiger partial charge in [0.1, 0.15) is 0 Å². The fraction of sp³-hybridized carbons (Fsp3) is 1.00. The Bertz CT molecular complexity index is 181. The highest BCUT2D eigenvalue weighted by Gasteiger charge is 2.21. The van der Waals surface area contributed by atoms with E-state index in [0.29, 0.717) is 6.10 Å². The molecule has 0 aromatic heterocycles. The van der Waals surface area contributed by atoms with E-state index in [1.54, 1.807) is 0 Å². The Balaban J connectivity index is 1.59. The van der Waals surface area contributed by atoms with Gasteiger partial charge in [0.2, 0.25) is 0 Å². The van der Waals surface area contributed by atoms with Crippen LogP contribution < -0.4 is 5.32 Å². The first-order chi connectivity index (χ1) is 7.88. The third-order valence-electron chi connectivity index (χ3n) is 4.43. The van der Waals surface area contributed by atoms with Crippen LogP contribution >= 0.6 is 0 Å². The minimum atomic E-state index is 0.547. The summed E-state index contributed by atoms with van der Waals surface area (Å²) in [6.45, 7) is 1.25. The predicted molar refractivity (Wildman–Crippen MR) is 67.6 cm³/mol. The summed E-state index contributed by atoms with van der Waals surface area (Å²) in [5.74, 6) is 0.910. The van der Waals surface area contributed by atoms with Crippen LogP contribution in [0.25, 0.3) is 0 Å². The van der Waals surface area contributed by atoms with Crippen LogP contribution in [0.3, 0.4) is 0 Å². The second-order valence-corrected chi connectivity index (χ2v) is 5.62. The molecule has 94 valence electrons. The molecule has 0 atom stereocenters. The minimum Gasteiger partial charge on any atom is -0.381 e. The molecule has 2 aliphatic rings. The van der Waals surface area contributed by atoms with E-state index in [1.807, 2.05) is 7.11 Å². The van der Waals surface area contributed by atoms with Crippen LogP contribution in [0.5, 0.6) is 0 Å². The molecule has 0 spiro atoms. The summed E-state index contributed by atoms with van der Waals surface area (Å²) < 4.78 is 5.41. The standard InChI is InChI=1S/C14H27NO/c1-16-14-9-7-12(8-10-14)11-15-13-5-3-2-4-6-13/h12-15H,2-11H2,1H3/t12-,14+. The van der Waals surface area contributed by atoms with Gasteiger partial charge in [-0.1, -0.05) is 19.3 Å². The van der Waals surface area contributed by atoms with Crippen LogP contribution in [-0.4, -0.2) is 25.8 Å². The topological polar surface area (TPSA) is 21.3 Å². The molecular formula is C14H27NO. The number of nitrogens with one attached hydrogen (secondary N) is 1. The van der Waals surface area contributed by atoms with E-state index in [0.717, 1.165) is 12.0 Å². The summed E-state index contributed by atoms with van der Waals surface area (Å²) in [5, 5.41) is 3.78. The van der Waals surface area contributed by atoms with E-state index in [-0.39, 0.29) is 0 Å². The molecule has 0 aliphatic heterocycles. The average Bonchev–Trinajstić information content (AvgIpc) is 2.38. The van der Waals surface area contributed by atoms with Gasteiger partial charge in [-0.05, 0) is 51.0 Å². The van der Waals surface area contributed by atoms with Crippen molar-refractivity contribution < 1.29 is 4.74 Å². The molecule has 16 heavy (non-hydrogen) atoms. The summed E-state index contributed by atoms with van der Waals surface area (Å²) in [4.78, 5) is 0. The largest absolute Gasteiger partial charge is 0.381 e. The molecule has 0 unspecified atom stereocenters. The molecule has 0 heterocycles. The van der Waals surface area contributed by atoms with Crippen LogP contribution in [0.15, 0.2) is 0 Å². The van der Waals surface area contributed by atoms with Crippen molar-refractivity contribution in [3.8, 4) is 0 Å². The number of hydrogen-bond acceptors (Lipinski definition) is 2. The maximum absolute atomic E-state index is 5.41. The van der Waals surface area contributed by atoms with Crippen LogP contribution in [-0.2, 0) is 4.74 Å². The van der Waals surface area contributed by atoms with Crippen molar-refractivity contribution in [2.24, 2.45) is 5.92 Å². The van der Waals surface area contributed by atoms with E-state index in [1.165, 1.54) is 64.3 Å². The maximum atomic E-state index is 5.41. The summed E-state index contributed by atoms with van der Waals surface area (Å²) in [5.41, 5.74) is 0. The number of rotatable bonds is 4. The van der Waals surface area contributed by atoms with E-state index in [4.69, 9.17) is 4.74 Å². The van der Waals surface area contributed by atoms with Crippen molar-refractivity contribution in [1.82, 2.24) is 5.32 Å². The van der Waals surface area contributed by atoms with Gasteiger partial charge in [-0.3, -0.25) is 0 Å². The highest BCUT2D eigenvalue weighted by molar-refractivity contribution is 4.77. The molecule has 2 saturated carbocycles.